The van der Waals surface area contributed by atoms with Crippen LogP contribution in [-0.2, 0) is 0 Å². The van der Waals surface area contributed by atoms with Gasteiger partial charge in [0.05, 0.1) is 21.8 Å². The van der Waals surface area contributed by atoms with E-state index in [1.54, 1.807) is 6.07 Å². The molecule has 1 rings (SSSR count). The molecule has 0 radical (unpaired) electrons. The highest BCUT2D eigenvalue weighted by atomic mass is 35.5. The van der Waals surface area contributed by atoms with E-state index in [0.717, 1.165) is 6.42 Å². The zero-order valence-corrected chi connectivity index (χ0v) is 12.6. The van der Waals surface area contributed by atoms with E-state index in [9.17, 15) is 13.2 Å². The molecule has 7 heteroatoms. The first-order valence-corrected chi connectivity index (χ1v) is 7.20. The maximum atomic E-state index is 12.2. The summed E-state index contributed by atoms with van der Waals surface area (Å²) in [5, 5.41) is 3.95. The number of hydrogen-bond donors (Lipinski definition) is 1. The van der Waals surface area contributed by atoms with Gasteiger partial charge in [-0.3, -0.25) is 4.98 Å². The highest BCUT2D eigenvalue weighted by molar-refractivity contribution is 6.34. The third-order valence-corrected chi connectivity index (χ3v) is 3.27. The van der Waals surface area contributed by atoms with Crippen molar-refractivity contribution in [3.05, 3.63) is 28.0 Å². The Bertz CT molecular complexity index is 425. The summed E-state index contributed by atoms with van der Waals surface area (Å²) in [5.74, 6) is 0. The number of alkyl halides is 3. The molecule has 1 heterocycles. The van der Waals surface area contributed by atoms with Crippen LogP contribution in [0.1, 0.15) is 44.3 Å². The van der Waals surface area contributed by atoms with Crippen LogP contribution in [0.4, 0.5) is 13.2 Å². The molecule has 0 amide bonds. The molecule has 0 aromatic carbocycles. The fourth-order valence-corrected chi connectivity index (χ4v) is 2.35. The van der Waals surface area contributed by atoms with E-state index in [1.165, 1.54) is 6.20 Å². The number of nitrogens with one attached hydrogen (secondary N) is 1. The molecule has 1 aromatic rings. The lowest BCUT2D eigenvalue weighted by Crippen LogP contribution is -2.24. The van der Waals surface area contributed by atoms with E-state index >= 15 is 0 Å². The molecule has 1 aromatic heterocycles. The van der Waals surface area contributed by atoms with Crippen molar-refractivity contribution in [3.8, 4) is 0 Å². The van der Waals surface area contributed by atoms with Crippen LogP contribution in [0.3, 0.4) is 0 Å². The molecular weight excluding hydrogens is 312 g/mol. The topological polar surface area (TPSA) is 24.9 Å². The van der Waals surface area contributed by atoms with Crippen LogP contribution in [0.5, 0.6) is 0 Å². The molecule has 0 fully saturated rings. The average molecular weight is 329 g/mol. The molecule has 0 aliphatic carbocycles. The Hall–Kier alpha value is -0.520. The molecule has 0 saturated carbocycles. The average Bonchev–Trinajstić information content (AvgIpc) is 2.33. The van der Waals surface area contributed by atoms with Crippen molar-refractivity contribution < 1.29 is 13.2 Å². The molecule has 20 heavy (non-hydrogen) atoms. The summed E-state index contributed by atoms with van der Waals surface area (Å²) in [5.41, 5.74) is 0.548. The number of aromatic nitrogens is 1. The normalized spacial score (nSPS) is 13.5. The minimum absolute atomic E-state index is 0.0333. The summed E-state index contributed by atoms with van der Waals surface area (Å²) < 4.78 is 36.6. The molecule has 1 atom stereocenters. The van der Waals surface area contributed by atoms with Gasteiger partial charge in [-0.25, -0.2) is 0 Å². The number of nitrogens with zero attached hydrogens (tertiary/aromatic N) is 1. The van der Waals surface area contributed by atoms with Crippen LogP contribution < -0.4 is 5.32 Å². The van der Waals surface area contributed by atoms with E-state index in [2.05, 4.69) is 10.3 Å². The van der Waals surface area contributed by atoms with E-state index in [-0.39, 0.29) is 12.5 Å². The number of rotatable bonds is 7. The fraction of sp³-hybridized carbons (Fsp3) is 0.615. The molecule has 1 unspecified atom stereocenters. The molecule has 2 nitrogen and oxygen atoms in total. The van der Waals surface area contributed by atoms with Crippen LogP contribution in [0.15, 0.2) is 12.3 Å². The molecule has 0 aliphatic rings. The second-order valence-electron chi connectivity index (χ2n) is 4.53. The van der Waals surface area contributed by atoms with Crippen LogP contribution in [0.2, 0.25) is 10.0 Å². The second kappa shape index (κ2) is 8.05. The second-order valence-corrected chi connectivity index (χ2v) is 5.38. The van der Waals surface area contributed by atoms with Gasteiger partial charge in [0.25, 0.3) is 0 Å². The standard InChI is InChI=1S/C13H17Cl2F3N2/c1-2-6-19-11(4-3-5-13(16,17)18)12-10(15)7-9(14)8-20-12/h7-8,11,19H,2-6H2,1H3. The van der Waals surface area contributed by atoms with Gasteiger partial charge in [0.2, 0.25) is 0 Å². The van der Waals surface area contributed by atoms with Crippen LogP contribution in [-0.4, -0.2) is 17.7 Å². The third-order valence-electron chi connectivity index (χ3n) is 2.76. The van der Waals surface area contributed by atoms with Gasteiger partial charge in [0.15, 0.2) is 0 Å². The zero-order valence-electron chi connectivity index (χ0n) is 11.1. The fourth-order valence-electron chi connectivity index (χ4n) is 1.84. The SMILES string of the molecule is CCCNC(CCCC(F)(F)F)c1ncc(Cl)cc1Cl. The van der Waals surface area contributed by atoms with Crippen molar-refractivity contribution in [2.24, 2.45) is 0 Å². The number of hydrogen-bond acceptors (Lipinski definition) is 2. The summed E-state index contributed by atoms with van der Waals surface area (Å²) in [4.78, 5) is 4.14. The number of halogens is 5. The molecule has 0 saturated heterocycles. The highest BCUT2D eigenvalue weighted by Gasteiger charge is 2.27. The van der Waals surface area contributed by atoms with Gasteiger partial charge in [-0.2, -0.15) is 13.2 Å². The third kappa shape index (κ3) is 6.29. The first-order valence-electron chi connectivity index (χ1n) is 6.44. The van der Waals surface area contributed by atoms with Gasteiger partial charge in [0, 0.05) is 12.6 Å². The lowest BCUT2D eigenvalue weighted by Gasteiger charge is -2.19. The quantitative estimate of drug-likeness (QED) is 0.747. The smallest absolute Gasteiger partial charge is 0.309 e. The Morgan fingerprint density at radius 1 is 1.35 bits per heavy atom. The summed E-state index contributed by atoms with van der Waals surface area (Å²) >= 11 is 11.8. The van der Waals surface area contributed by atoms with Crippen molar-refractivity contribution in [1.29, 1.82) is 0 Å². The van der Waals surface area contributed by atoms with Crippen molar-refractivity contribution in [1.82, 2.24) is 10.3 Å². The summed E-state index contributed by atoms with van der Waals surface area (Å²) in [7, 11) is 0. The Balaban J connectivity index is 2.72. The minimum Gasteiger partial charge on any atom is -0.309 e. The van der Waals surface area contributed by atoms with Gasteiger partial charge in [-0.1, -0.05) is 30.1 Å². The minimum atomic E-state index is -4.13. The largest absolute Gasteiger partial charge is 0.389 e. The van der Waals surface area contributed by atoms with Crippen LogP contribution in [0, 0.1) is 0 Å². The van der Waals surface area contributed by atoms with Crippen molar-refractivity contribution in [2.75, 3.05) is 6.54 Å². The summed E-state index contributed by atoms with van der Waals surface area (Å²) in [6.07, 6.45) is -2.25. The summed E-state index contributed by atoms with van der Waals surface area (Å²) in [6, 6.07) is 1.26. The van der Waals surface area contributed by atoms with Crippen LogP contribution >= 0.6 is 23.2 Å². The molecule has 0 bridgehead atoms. The van der Waals surface area contributed by atoms with Gasteiger partial charge < -0.3 is 5.32 Å². The Morgan fingerprint density at radius 2 is 2.05 bits per heavy atom. The first-order chi connectivity index (χ1) is 9.33. The monoisotopic (exact) mass is 328 g/mol. The van der Waals surface area contributed by atoms with Crippen LogP contribution in [0.25, 0.3) is 0 Å². The summed E-state index contributed by atoms with van der Waals surface area (Å²) in [6.45, 7) is 2.67. The maximum Gasteiger partial charge on any atom is 0.389 e. The molecule has 0 aliphatic heterocycles. The first kappa shape index (κ1) is 17.5. The Labute approximate surface area is 126 Å². The van der Waals surface area contributed by atoms with Gasteiger partial charge in [0.1, 0.15) is 0 Å². The molecule has 114 valence electrons. The Morgan fingerprint density at radius 3 is 2.60 bits per heavy atom. The van der Waals surface area contributed by atoms with E-state index in [0.29, 0.717) is 28.7 Å². The molecular formula is C13H17Cl2F3N2. The van der Waals surface area contributed by atoms with Gasteiger partial charge >= 0.3 is 6.18 Å². The van der Waals surface area contributed by atoms with Crippen molar-refractivity contribution in [2.45, 2.75) is 44.8 Å². The van der Waals surface area contributed by atoms with Crippen molar-refractivity contribution >= 4 is 23.2 Å². The van der Waals surface area contributed by atoms with Crippen molar-refractivity contribution in [3.63, 3.8) is 0 Å². The lowest BCUT2D eigenvalue weighted by atomic mass is 10.1. The Kier molecular flexibility index (Phi) is 7.06. The molecule has 0 spiro atoms. The lowest BCUT2D eigenvalue weighted by molar-refractivity contribution is -0.135. The van der Waals surface area contributed by atoms with Gasteiger partial charge in [-0.15, -0.1) is 0 Å². The molecule has 1 N–H and O–H groups in total. The van der Waals surface area contributed by atoms with Gasteiger partial charge in [-0.05, 0) is 31.9 Å². The highest BCUT2D eigenvalue weighted by Crippen LogP contribution is 2.29. The number of pyridine rings is 1. The van der Waals surface area contributed by atoms with E-state index in [1.807, 2.05) is 6.92 Å². The predicted molar refractivity (Wildman–Crippen MR) is 75.2 cm³/mol. The zero-order chi connectivity index (χ0) is 15.2. The van der Waals surface area contributed by atoms with E-state index in [4.69, 9.17) is 23.2 Å². The van der Waals surface area contributed by atoms with E-state index < -0.39 is 12.6 Å². The maximum absolute atomic E-state index is 12.2. The predicted octanol–water partition coefficient (Wildman–Crippen LogP) is 5.16.